The highest BCUT2D eigenvalue weighted by molar-refractivity contribution is 7.90. The van der Waals surface area contributed by atoms with Gasteiger partial charge >= 0.3 is 0 Å². The maximum absolute atomic E-state index is 11.6. The average molecular weight is 335 g/mol. The highest BCUT2D eigenvalue weighted by Gasteiger charge is 2.11. The van der Waals surface area contributed by atoms with E-state index in [4.69, 9.17) is 0 Å². The van der Waals surface area contributed by atoms with Gasteiger partial charge in [0.15, 0.2) is 0 Å². The lowest BCUT2D eigenvalue weighted by Crippen LogP contribution is -2.26. The summed E-state index contributed by atoms with van der Waals surface area (Å²) < 4.78 is 27.9. The number of hydrogen-bond acceptors (Lipinski definition) is 5. The Morgan fingerprint density at radius 2 is 1.91 bits per heavy atom. The molecule has 2 aromatic rings. The van der Waals surface area contributed by atoms with Gasteiger partial charge in [0.05, 0.1) is 11.4 Å². The van der Waals surface area contributed by atoms with Crippen LogP contribution in [0.5, 0.6) is 0 Å². The highest BCUT2D eigenvalue weighted by Crippen LogP contribution is 2.25. The van der Waals surface area contributed by atoms with E-state index < -0.39 is 10.2 Å². The van der Waals surface area contributed by atoms with Crippen molar-refractivity contribution in [3.8, 4) is 11.1 Å². The van der Waals surface area contributed by atoms with Crippen LogP contribution in [0.15, 0.2) is 30.6 Å². The molecule has 0 atom stereocenters. The number of pyridine rings is 2. The van der Waals surface area contributed by atoms with Crippen LogP contribution in [0.4, 0.5) is 11.5 Å². The zero-order chi connectivity index (χ0) is 17.0. The Morgan fingerprint density at radius 3 is 2.57 bits per heavy atom. The molecule has 2 aromatic heterocycles. The maximum atomic E-state index is 11.6. The molecule has 8 nitrogen and oxygen atoms in total. The molecular weight excluding hydrogens is 318 g/mol. The first-order valence-corrected chi connectivity index (χ1v) is 8.21. The van der Waals surface area contributed by atoms with Crippen molar-refractivity contribution >= 4 is 27.6 Å². The van der Waals surface area contributed by atoms with E-state index in [0.717, 1.165) is 5.56 Å². The standard InChI is InChI=1S/C14H17N5O3S/c1-9-13(19-23(21,22)15-3)6-12(8-17-9)11-4-5-16-14(7-11)18-10(2)20/h4-8,15,19H,1-3H3,(H,16,18,20). The average Bonchev–Trinajstić information content (AvgIpc) is 2.49. The summed E-state index contributed by atoms with van der Waals surface area (Å²) >= 11 is 0. The van der Waals surface area contributed by atoms with Crippen LogP contribution in [0.25, 0.3) is 11.1 Å². The fraction of sp³-hybridized carbons (Fsp3) is 0.214. The van der Waals surface area contributed by atoms with Crippen LogP contribution >= 0.6 is 0 Å². The van der Waals surface area contributed by atoms with E-state index in [2.05, 4.69) is 24.7 Å². The summed E-state index contributed by atoms with van der Waals surface area (Å²) in [6, 6.07) is 5.10. The van der Waals surface area contributed by atoms with Gasteiger partial charge in [-0.2, -0.15) is 8.42 Å². The molecule has 122 valence electrons. The molecule has 23 heavy (non-hydrogen) atoms. The van der Waals surface area contributed by atoms with E-state index in [-0.39, 0.29) is 5.91 Å². The van der Waals surface area contributed by atoms with Crippen molar-refractivity contribution in [2.75, 3.05) is 17.1 Å². The number of carbonyl (C=O) groups is 1. The number of nitrogens with zero attached hydrogens (tertiary/aromatic N) is 2. The van der Waals surface area contributed by atoms with Crippen molar-refractivity contribution in [3.05, 3.63) is 36.3 Å². The lowest BCUT2D eigenvalue weighted by Gasteiger charge is -2.11. The van der Waals surface area contributed by atoms with Gasteiger partial charge in [-0.3, -0.25) is 14.5 Å². The van der Waals surface area contributed by atoms with Gasteiger partial charge in [-0.15, -0.1) is 0 Å². The molecule has 2 heterocycles. The zero-order valence-electron chi connectivity index (χ0n) is 12.9. The molecule has 0 saturated heterocycles. The molecule has 0 unspecified atom stereocenters. The molecule has 0 aromatic carbocycles. The summed E-state index contributed by atoms with van der Waals surface area (Å²) in [5, 5.41) is 2.60. The number of aryl methyl sites for hydroxylation is 1. The largest absolute Gasteiger partial charge is 0.311 e. The van der Waals surface area contributed by atoms with E-state index in [0.29, 0.717) is 22.8 Å². The molecule has 0 bridgehead atoms. The summed E-state index contributed by atoms with van der Waals surface area (Å²) in [5.41, 5.74) is 2.36. The molecular formula is C14H17N5O3S. The van der Waals surface area contributed by atoms with Crippen molar-refractivity contribution < 1.29 is 13.2 Å². The molecule has 0 aliphatic heterocycles. The minimum atomic E-state index is -3.63. The lowest BCUT2D eigenvalue weighted by molar-refractivity contribution is -0.114. The van der Waals surface area contributed by atoms with Crippen molar-refractivity contribution in [3.63, 3.8) is 0 Å². The third-order valence-electron chi connectivity index (χ3n) is 3.00. The first-order valence-electron chi connectivity index (χ1n) is 6.72. The minimum Gasteiger partial charge on any atom is -0.311 e. The van der Waals surface area contributed by atoms with Crippen LogP contribution in [0.2, 0.25) is 0 Å². The van der Waals surface area contributed by atoms with Crippen LogP contribution in [0, 0.1) is 6.92 Å². The number of rotatable bonds is 5. The fourth-order valence-corrected chi connectivity index (χ4v) is 2.45. The monoisotopic (exact) mass is 335 g/mol. The Kier molecular flexibility index (Phi) is 4.92. The summed E-state index contributed by atoms with van der Waals surface area (Å²) in [7, 11) is -2.31. The van der Waals surface area contributed by atoms with Crippen LogP contribution in [0.1, 0.15) is 12.6 Å². The van der Waals surface area contributed by atoms with E-state index in [1.54, 1.807) is 37.5 Å². The Hall–Kier alpha value is -2.52. The second kappa shape index (κ2) is 6.71. The van der Waals surface area contributed by atoms with E-state index in [1.807, 2.05) is 0 Å². The van der Waals surface area contributed by atoms with Gasteiger partial charge in [-0.05, 0) is 30.7 Å². The highest BCUT2D eigenvalue weighted by atomic mass is 32.2. The Labute approximate surface area is 134 Å². The number of amides is 1. The summed E-state index contributed by atoms with van der Waals surface area (Å²) in [4.78, 5) is 19.3. The lowest BCUT2D eigenvalue weighted by atomic mass is 10.1. The van der Waals surface area contributed by atoms with E-state index in [1.165, 1.54) is 14.0 Å². The van der Waals surface area contributed by atoms with Crippen molar-refractivity contribution in [1.29, 1.82) is 0 Å². The zero-order valence-corrected chi connectivity index (χ0v) is 13.7. The van der Waals surface area contributed by atoms with E-state index in [9.17, 15) is 13.2 Å². The SMILES string of the molecule is CNS(=O)(=O)Nc1cc(-c2ccnc(NC(C)=O)c2)cnc1C. The summed E-state index contributed by atoms with van der Waals surface area (Å²) in [6.07, 6.45) is 3.18. The van der Waals surface area contributed by atoms with Crippen molar-refractivity contribution in [2.45, 2.75) is 13.8 Å². The fourth-order valence-electron chi connectivity index (χ4n) is 1.85. The second-order valence-corrected chi connectivity index (χ2v) is 6.40. The Bertz CT molecular complexity index is 836. The number of carbonyl (C=O) groups excluding carboxylic acids is 1. The van der Waals surface area contributed by atoms with Gasteiger partial charge in [-0.25, -0.2) is 9.71 Å². The predicted molar refractivity (Wildman–Crippen MR) is 88.1 cm³/mol. The van der Waals surface area contributed by atoms with Crippen molar-refractivity contribution in [2.24, 2.45) is 0 Å². The summed E-state index contributed by atoms with van der Waals surface area (Å²) in [5.74, 6) is 0.187. The number of hydrogen-bond donors (Lipinski definition) is 3. The third-order valence-corrected chi connectivity index (χ3v) is 4.02. The van der Waals surface area contributed by atoms with Gasteiger partial charge in [-0.1, -0.05) is 0 Å². The Morgan fingerprint density at radius 1 is 1.17 bits per heavy atom. The molecule has 0 radical (unpaired) electrons. The minimum absolute atomic E-state index is 0.223. The molecule has 0 fully saturated rings. The molecule has 0 aliphatic carbocycles. The number of aromatic nitrogens is 2. The quantitative estimate of drug-likeness (QED) is 0.762. The van der Waals surface area contributed by atoms with Crippen LogP contribution in [-0.2, 0) is 15.0 Å². The molecule has 2 rings (SSSR count). The van der Waals surface area contributed by atoms with Gasteiger partial charge in [0.2, 0.25) is 5.91 Å². The van der Waals surface area contributed by atoms with Crippen LogP contribution in [-0.4, -0.2) is 31.3 Å². The molecule has 0 spiro atoms. The summed E-state index contributed by atoms with van der Waals surface area (Å²) in [6.45, 7) is 3.10. The topological polar surface area (TPSA) is 113 Å². The normalized spacial score (nSPS) is 11.1. The molecule has 3 N–H and O–H groups in total. The third kappa shape index (κ3) is 4.47. The molecule has 9 heteroatoms. The molecule has 0 saturated carbocycles. The second-order valence-electron chi connectivity index (χ2n) is 4.78. The molecule has 1 amide bonds. The van der Waals surface area contributed by atoms with E-state index >= 15 is 0 Å². The smallest absolute Gasteiger partial charge is 0.298 e. The predicted octanol–water partition coefficient (Wildman–Crippen LogP) is 1.29. The van der Waals surface area contributed by atoms with Gasteiger partial charge in [0.1, 0.15) is 5.82 Å². The number of anilines is 2. The van der Waals surface area contributed by atoms with Gasteiger partial charge in [0, 0.05) is 31.9 Å². The first-order chi connectivity index (χ1) is 10.8. The first kappa shape index (κ1) is 16.8. The number of nitrogens with one attached hydrogen (secondary N) is 3. The maximum Gasteiger partial charge on any atom is 0.298 e. The van der Waals surface area contributed by atoms with Gasteiger partial charge < -0.3 is 5.32 Å². The van der Waals surface area contributed by atoms with Gasteiger partial charge in [0.25, 0.3) is 10.2 Å². The Balaban J connectivity index is 2.39. The van der Waals surface area contributed by atoms with Crippen LogP contribution < -0.4 is 14.8 Å². The molecule has 0 aliphatic rings. The van der Waals surface area contributed by atoms with Crippen molar-refractivity contribution in [1.82, 2.24) is 14.7 Å². The van der Waals surface area contributed by atoms with Crippen LogP contribution in [0.3, 0.4) is 0 Å².